The van der Waals surface area contributed by atoms with Gasteiger partial charge in [0.25, 0.3) is 0 Å². The lowest BCUT2D eigenvalue weighted by Gasteiger charge is -2.18. The van der Waals surface area contributed by atoms with Gasteiger partial charge in [-0.05, 0) is 18.9 Å². The lowest BCUT2D eigenvalue weighted by Crippen LogP contribution is -2.40. The average molecular weight is 438 g/mol. The molecular formula is C18H23N5O2S3. The highest BCUT2D eigenvalue weighted by Gasteiger charge is 2.26. The molecule has 2 aromatic rings. The first-order chi connectivity index (χ1) is 13.5. The summed E-state index contributed by atoms with van der Waals surface area (Å²) < 4.78 is 1.40. The predicted octanol–water partition coefficient (Wildman–Crippen LogP) is 1.99. The van der Waals surface area contributed by atoms with Crippen LogP contribution in [0.5, 0.6) is 0 Å². The van der Waals surface area contributed by atoms with Crippen molar-refractivity contribution in [1.29, 1.82) is 0 Å². The van der Waals surface area contributed by atoms with Crippen molar-refractivity contribution in [2.24, 2.45) is 5.73 Å². The van der Waals surface area contributed by atoms with Gasteiger partial charge >= 0.3 is 0 Å². The topological polar surface area (TPSA) is 101 Å². The van der Waals surface area contributed by atoms with Gasteiger partial charge < -0.3 is 11.1 Å². The van der Waals surface area contributed by atoms with E-state index in [4.69, 9.17) is 5.73 Å². The maximum absolute atomic E-state index is 12.5. The zero-order valence-electron chi connectivity index (χ0n) is 15.5. The number of rotatable bonds is 9. The minimum atomic E-state index is -0.389. The molecule has 7 nitrogen and oxygen atoms in total. The van der Waals surface area contributed by atoms with Crippen molar-refractivity contribution in [2.45, 2.75) is 39.9 Å². The molecule has 1 fully saturated rings. The minimum Gasteiger partial charge on any atom is -0.369 e. The van der Waals surface area contributed by atoms with E-state index < -0.39 is 0 Å². The third kappa shape index (κ3) is 6.47. The molecule has 10 heteroatoms. The van der Waals surface area contributed by atoms with Crippen LogP contribution in [0.2, 0.25) is 0 Å². The number of nitrogens with zero attached hydrogens (tertiary/aromatic N) is 3. The van der Waals surface area contributed by atoms with Crippen LogP contribution in [-0.2, 0) is 16.1 Å². The summed E-state index contributed by atoms with van der Waals surface area (Å²) in [5.74, 6) is -0.200. The molecule has 0 spiro atoms. The third-order valence-electron chi connectivity index (χ3n) is 4.24. The van der Waals surface area contributed by atoms with Crippen LogP contribution >= 0.6 is 34.9 Å². The van der Waals surface area contributed by atoms with Crippen molar-refractivity contribution in [3.8, 4) is 0 Å². The lowest BCUT2D eigenvalue weighted by molar-refractivity contribution is -0.121. The predicted molar refractivity (Wildman–Crippen MR) is 113 cm³/mol. The number of primary amides is 1. The van der Waals surface area contributed by atoms with Gasteiger partial charge in [0.1, 0.15) is 0 Å². The van der Waals surface area contributed by atoms with Crippen molar-refractivity contribution in [2.75, 3.05) is 18.8 Å². The van der Waals surface area contributed by atoms with E-state index in [0.717, 1.165) is 26.1 Å². The Hall–Kier alpha value is -1.62. The fourth-order valence-electron chi connectivity index (χ4n) is 2.89. The molecular weight excluding hydrogens is 414 g/mol. The molecule has 28 heavy (non-hydrogen) atoms. The first-order valence-corrected chi connectivity index (χ1v) is 11.7. The van der Waals surface area contributed by atoms with Crippen LogP contribution in [0.15, 0.2) is 39.0 Å². The number of likely N-dealkylation sites (tertiary alicyclic amines) is 1. The van der Waals surface area contributed by atoms with Gasteiger partial charge in [-0.3, -0.25) is 14.5 Å². The number of thioether (sulfide) groups is 2. The molecule has 1 aromatic carbocycles. The Bertz CT molecular complexity index is 802. The van der Waals surface area contributed by atoms with Gasteiger partial charge in [-0.15, -0.1) is 10.2 Å². The molecule has 1 saturated heterocycles. The Morgan fingerprint density at radius 1 is 1.32 bits per heavy atom. The molecule has 2 unspecified atom stereocenters. The van der Waals surface area contributed by atoms with Crippen molar-refractivity contribution in [1.82, 2.24) is 20.4 Å². The fraction of sp³-hybridized carbons (Fsp3) is 0.444. The fourth-order valence-corrected chi connectivity index (χ4v) is 5.81. The molecule has 2 atom stereocenters. The highest BCUT2D eigenvalue weighted by atomic mass is 32.2. The Labute approximate surface area is 176 Å². The largest absolute Gasteiger partial charge is 0.369 e. The number of benzene rings is 1. The van der Waals surface area contributed by atoms with E-state index in [1.807, 2.05) is 13.0 Å². The number of carbonyl (C=O) groups is 2. The summed E-state index contributed by atoms with van der Waals surface area (Å²) in [5.41, 5.74) is 6.42. The minimum absolute atomic E-state index is 0.0121. The van der Waals surface area contributed by atoms with Gasteiger partial charge in [0.2, 0.25) is 11.8 Å². The third-order valence-corrected chi connectivity index (χ3v) is 7.50. The number of hydrogen-bond donors (Lipinski definition) is 2. The zero-order valence-corrected chi connectivity index (χ0v) is 18.0. The molecule has 0 radical (unpaired) electrons. The van der Waals surface area contributed by atoms with Crippen LogP contribution in [-0.4, -0.2) is 57.0 Å². The smallest absolute Gasteiger partial charge is 0.233 e. The normalized spacial score (nSPS) is 18.1. The summed E-state index contributed by atoms with van der Waals surface area (Å²) in [6.45, 7) is 4.63. The quantitative estimate of drug-likeness (QED) is 0.579. The summed E-state index contributed by atoms with van der Waals surface area (Å²) in [4.78, 5) is 25.7. The Morgan fingerprint density at radius 2 is 2.07 bits per heavy atom. The molecule has 2 heterocycles. The van der Waals surface area contributed by atoms with E-state index in [2.05, 4.69) is 44.7 Å². The number of hydrogen-bond acceptors (Lipinski definition) is 8. The van der Waals surface area contributed by atoms with Gasteiger partial charge in [-0.1, -0.05) is 65.2 Å². The standard InChI is InChI=1S/C18H23N5O2S3/c1-12(27-18-22-21-17(28-18)26-11-15(19)24)16(25)20-14-7-8-23(10-14)9-13-5-3-2-4-6-13/h2-6,12,14H,7-11H2,1H3,(H2,19,24)(H,20,25). The van der Waals surface area contributed by atoms with E-state index in [-0.39, 0.29) is 28.9 Å². The molecule has 0 bridgehead atoms. The maximum Gasteiger partial charge on any atom is 0.233 e. The Balaban J connectivity index is 1.42. The van der Waals surface area contributed by atoms with Crippen LogP contribution in [0.4, 0.5) is 0 Å². The molecule has 0 aliphatic carbocycles. The molecule has 3 N–H and O–H groups in total. The van der Waals surface area contributed by atoms with Gasteiger partial charge in [-0.2, -0.15) is 0 Å². The number of amides is 2. The zero-order chi connectivity index (χ0) is 19.9. The lowest BCUT2D eigenvalue weighted by atomic mass is 10.2. The van der Waals surface area contributed by atoms with Gasteiger partial charge in [0.15, 0.2) is 8.68 Å². The molecule has 1 aliphatic rings. The Morgan fingerprint density at radius 3 is 2.82 bits per heavy atom. The van der Waals surface area contributed by atoms with Crippen molar-refractivity contribution < 1.29 is 9.59 Å². The number of nitrogens with two attached hydrogens (primary N) is 1. The van der Waals surface area contributed by atoms with Crippen LogP contribution in [0.25, 0.3) is 0 Å². The van der Waals surface area contributed by atoms with Crippen molar-refractivity contribution >= 4 is 46.7 Å². The first-order valence-electron chi connectivity index (χ1n) is 8.97. The molecule has 1 aromatic heterocycles. The molecule has 0 saturated carbocycles. The van der Waals surface area contributed by atoms with E-state index >= 15 is 0 Å². The van der Waals surface area contributed by atoms with Crippen molar-refractivity contribution in [3.63, 3.8) is 0 Å². The average Bonchev–Trinajstić information content (AvgIpc) is 3.30. The summed E-state index contributed by atoms with van der Waals surface area (Å²) in [6, 6.07) is 10.6. The van der Waals surface area contributed by atoms with Crippen LogP contribution in [0, 0.1) is 0 Å². The highest BCUT2D eigenvalue weighted by Crippen LogP contribution is 2.31. The van der Waals surface area contributed by atoms with Gasteiger partial charge in [-0.25, -0.2) is 0 Å². The summed E-state index contributed by atoms with van der Waals surface area (Å²) in [5, 5.41) is 11.0. The van der Waals surface area contributed by atoms with Crippen LogP contribution in [0.1, 0.15) is 18.9 Å². The molecule has 1 aliphatic heterocycles. The number of carbonyl (C=O) groups excluding carboxylic acids is 2. The summed E-state index contributed by atoms with van der Waals surface area (Å²) >= 11 is 4.02. The molecule has 2 amide bonds. The second kappa shape index (κ2) is 10.2. The van der Waals surface area contributed by atoms with Crippen LogP contribution in [0.3, 0.4) is 0 Å². The molecule has 3 rings (SSSR count). The summed E-state index contributed by atoms with van der Waals surface area (Å²) in [7, 11) is 0. The molecule has 150 valence electrons. The van der Waals surface area contributed by atoms with Gasteiger partial charge in [0.05, 0.1) is 11.0 Å². The number of aromatic nitrogens is 2. The number of nitrogens with one attached hydrogen (secondary N) is 1. The van der Waals surface area contributed by atoms with Gasteiger partial charge in [0, 0.05) is 25.7 Å². The maximum atomic E-state index is 12.5. The van der Waals surface area contributed by atoms with E-state index in [1.54, 1.807) is 0 Å². The van der Waals surface area contributed by atoms with Crippen molar-refractivity contribution in [3.05, 3.63) is 35.9 Å². The Kier molecular flexibility index (Phi) is 7.72. The second-order valence-corrected chi connectivity index (χ2v) is 10.4. The first kappa shape index (κ1) is 21.1. The van der Waals surface area contributed by atoms with E-state index in [9.17, 15) is 9.59 Å². The van der Waals surface area contributed by atoms with E-state index in [1.165, 1.54) is 40.4 Å². The van der Waals surface area contributed by atoms with E-state index in [0.29, 0.717) is 8.68 Å². The monoisotopic (exact) mass is 437 g/mol. The highest BCUT2D eigenvalue weighted by molar-refractivity contribution is 8.04. The van der Waals surface area contributed by atoms with Crippen LogP contribution < -0.4 is 11.1 Å². The summed E-state index contributed by atoms with van der Waals surface area (Å²) in [6.07, 6.45) is 0.961. The SMILES string of the molecule is CC(Sc1nnc(SCC(N)=O)s1)C(=O)NC1CCN(Cc2ccccc2)C1. The second-order valence-electron chi connectivity index (χ2n) is 6.56.